The van der Waals surface area contributed by atoms with Gasteiger partial charge in [-0.3, -0.25) is 9.59 Å². The van der Waals surface area contributed by atoms with Crippen molar-refractivity contribution < 1.29 is 24.5 Å². The Morgan fingerprint density at radius 3 is 2.47 bits per heavy atom. The highest BCUT2D eigenvalue weighted by Crippen LogP contribution is 2.49. The standard InChI is InChI=1S/C44H74N2O5/c1-5-8-34(27-47)35-21-30(19-29-17-18-46-44(45)22-29)20-32-14-16-38(37-10-7-6-9-31(37)12-11-28(2)3)39-26-42(50)43(51-4)24-33(39)13-15-36(48)25-41(49)40(32)23-35/h28-35,37-40,42-44,46-47,50H,5-13,15,17-27,45H2,1-4H3/t29?,30-,31?,32+,33?,34-,35-,37?,38-,39?,40-,42?,43?,44?/m1/s1. The number of nitrogens with two attached hydrogens (primary N) is 1. The lowest BCUT2D eigenvalue weighted by molar-refractivity contribution is -0.131. The number of Topliss-reactive ketones (excluding diaryl/α,β-unsaturated/α-hetero) is 2. The number of hydrogen-bond donors (Lipinski definition) is 4. The fraction of sp³-hybridized carbons (Fsp3) is 0.909. The zero-order valence-corrected chi connectivity index (χ0v) is 32.7. The molecule has 1 saturated heterocycles. The molecule has 0 aromatic carbocycles. The number of aliphatic hydroxyl groups is 2. The van der Waals surface area contributed by atoms with Crippen molar-refractivity contribution in [2.45, 2.75) is 161 Å². The summed E-state index contributed by atoms with van der Waals surface area (Å²) in [6, 6.07) is 0. The van der Waals surface area contributed by atoms with Crippen LogP contribution in [0.5, 0.6) is 0 Å². The Balaban J connectivity index is 1.56. The lowest BCUT2D eigenvalue weighted by atomic mass is 9.60. The monoisotopic (exact) mass is 711 g/mol. The van der Waals surface area contributed by atoms with E-state index in [9.17, 15) is 19.8 Å². The Morgan fingerprint density at radius 2 is 1.75 bits per heavy atom. The molecule has 5 aliphatic rings. The van der Waals surface area contributed by atoms with Crippen LogP contribution >= 0.6 is 0 Å². The number of rotatable bonds is 11. The van der Waals surface area contributed by atoms with Crippen molar-refractivity contribution >= 4 is 11.6 Å². The van der Waals surface area contributed by atoms with Crippen LogP contribution in [0.25, 0.3) is 0 Å². The van der Waals surface area contributed by atoms with Gasteiger partial charge >= 0.3 is 0 Å². The summed E-state index contributed by atoms with van der Waals surface area (Å²) in [6.07, 6.45) is 17.0. The maximum atomic E-state index is 14.4. The summed E-state index contributed by atoms with van der Waals surface area (Å²) in [5.74, 6) is 11.5. The molecule has 0 aromatic heterocycles. The van der Waals surface area contributed by atoms with E-state index in [1.54, 1.807) is 7.11 Å². The largest absolute Gasteiger partial charge is 0.396 e. The maximum absolute atomic E-state index is 14.4. The summed E-state index contributed by atoms with van der Waals surface area (Å²) >= 11 is 0. The number of methoxy groups -OCH3 is 1. The number of ketones is 2. The third-order valence-electron chi connectivity index (χ3n) is 14.4. The number of piperidine rings is 1. The van der Waals surface area contributed by atoms with Crippen LogP contribution in [0.4, 0.5) is 0 Å². The molecule has 0 bridgehead atoms. The van der Waals surface area contributed by atoms with Crippen molar-refractivity contribution in [1.29, 1.82) is 0 Å². The van der Waals surface area contributed by atoms with Crippen molar-refractivity contribution in [2.75, 3.05) is 20.3 Å². The van der Waals surface area contributed by atoms with E-state index in [2.05, 4.69) is 37.9 Å². The van der Waals surface area contributed by atoms with Gasteiger partial charge in [-0.15, -0.1) is 0 Å². The summed E-state index contributed by atoms with van der Waals surface area (Å²) in [5, 5.41) is 25.4. The van der Waals surface area contributed by atoms with Crippen molar-refractivity contribution in [2.24, 2.45) is 76.7 Å². The maximum Gasteiger partial charge on any atom is 0.144 e. The Labute approximate surface area is 310 Å². The van der Waals surface area contributed by atoms with E-state index in [4.69, 9.17) is 10.5 Å². The summed E-state index contributed by atoms with van der Waals surface area (Å²) < 4.78 is 5.80. The Kier molecular flexibility index (Phi) is 15.9. The fourth-order valence-electron chi connectivity index (χ4n) is 11.7. The molecule has 290 valence electrons. The van der Waals surface area contributed by atoms with Gasteiger partial charge in [-0.05, 0) is 137 Å². The summed E-state index contributed by atoms with van der Waals surface area (Å²) in [5.41, 5.74) is 6.38. The minimum absolute atomic E-state index is 0.00199. The van der Waals surface area contributed by atoms with Crippen molar-refractivity contribution in [3.05, 3.63) is 0 Å². The Bertz CT molecular complexity index is 1160. The number of hydrogen-bond acceptors (Lipinski definition) is 7. The average molecular weight is 711 g/mol. The zero-order valence-electron chi connectivity index (χ0n) is 32.7. The average Bonchev–Trinajstić information content (AvgIpc) is 3.28. The summed E-state index contributed by atoms with van der Waals surface area (Å²) in [7, 11) is 1.70. The highest BCUT2D eigenvalue weighted by Gasteiger charge is 2.45. The summed E-state index contributed by atoms with van der Waals surface area (Å²) in [4.78, 5) is 28.0. The molecule has 4 aliphatic carbocycles. The Hall–Kier alpha value is -1.30. The molecule has 0 radical (unpaired) electrons. The van der Waals surface area contributed by atoms with Gasteiger partial charge in [-0.25, -0.2) is 0 Å². The van der Waals surface area contributed by atoms with Crippen molar-refractivity contribution in [3.63, 3.8) is 0 Å². The molecular formula is C44H74N2O5. The van der Waals surface area contributed by atoms with E-state index in [0.29, 0.717) is 42.4 Å². The molecule has 0 amide bonds. The molecule has 0 aromatic rings. The topological polar surface area (TPSA) is 122 Å². The molecule has 4 fully saturated rings. The van der Waals surface area contributed by atoms with E-state index in [-0.39, 0.29) is 78.3 Å². The molecule has 1 aliphatic heterocycles. The lowest BCUT2D eigenvalue weighted by Gasteiger charge is -2.46. The molecule has 7 heteroatoms. The van der Waals surface area contributed by atoms with Gasteiger partial charge in [0.25, 0.3) is 0 Å². The molecular weight excluding hydrogens is 636 g/mol. The van der Waals surface area contributed by atoms with Gasteiger partial charge in [-0.2, -0.15) is 0 Å². The van der Waals surface area contributed by atoms with Crippen LogP contribution in [0.1, 0.15) is 143 Å². The van der Waals surface area contributed by atoms with Crippen LogP contribution in [-0.4, -0.2) is 60.4 Å². The number of fused-ring (bicyclic) bond motifs is 2. The molecule has 8 unspecified atom stereocenters. The smallest absolute Gasteiger partial charge is 0.144 e. The summed E-state index contributed by atoms with van der Waals surface area (Å²) in [6.45, 7) is 7.94. The first-order valence-corrected chi connectivity index (χ1v) is 21.5. The molecule has 3 saturated carbocycles. The molecule has 51 heavy (non-hydrogen) atoms. The van der Waals surface area contributed by atoms with Gasteiger partial charge in [0.2, 0.25) is 0 Å². The van der Waals surface area contributed by atoms with Crippen molar-refractivity contribution in [1.82, 2.24) is 5.32 Å². The van der Waals surface area contributed by atoms with Crippen LogP contribution in [0, 0.1) is 82.9 Å². The highest BCUT2D eigenvalue weighted by molar-refractivity contribution is 6.00. The lowest BCUT2D eigenvalue weighted by Crippen LogP contribution is -2.45. The molecule has 5 N–H and O–H groups in total. The number of carbonyl (C=O) groups is 2. The van der Waals surface area contributed by atoms with E-state index in [1.165, 1.54) is 38.5 Å². The van der Waals surface area contributed by atoms with E-state index in [0.717, 1.165) is 70.8 Å². The first kappa shape index (κ1) is 40.9. The van der Waals surface area contributed by atoms with Gasteiger partial charge in [0.15, 0.2) is 0 Å². The van der Waals surface area contributed by atoms with Crippen LogP contribution < -0.4 is 11.1 Å². The first-order chi connectivity index (χ1) is 24.6. The Morgan fingerprint density at radius 1 is 0.941 bits per heavy atom. The first-order valence-electron chi connectivity index (χ1n) is 21.5. The van der Waals surface area contributed by atoms with Crippen LogP contribution in [0.15, 0.2) is 0 Å². The number of nitrogens with one attached hydrogen (secondary N) is 1. The van der Waals surface area contributed by atoms with Gasteiger partial charge in [0, 0.05) is 37.9 Å². The van der Waals surface area contributed by atoms with Crippen LogP contribution in [-0.2, 0) is 14.3 Å². The van der Waals surface area contributed by atoms with E-state index < -0.39 is 6.10 Å². The third-order valence-corrected chi connectivity index (χ3v) is 14.4. The third kappa shape index (κ3) is 11.1. The predicted molar refractivity (Wildman–Crippen MR) is 204 cm³/mol. The molecule has 5 rings (SSSR count). The molecule has 14 atom stereocenters. The molecule has 1 heterocycles. The fourth-order valence-corrected chi connectivity index (χ4v) is 11.7. The van der Waals surface area contributed by atoms with Gasteiger partial charge < -0.3 is 26.0 Å². The van der Waals surface area contributed by atoms with Crippen LogP contribution in [0.2, 0.25) is 0 Å². The minimum Gasteiger partial charge on any atom is -0.396 e. The number of aliphatic hydroxyl groups excluding tert-OH is 2. The van der Waals surface area contributed by atoms with Gasteiger partial charge in [0.1, 0.15) is 11.6 Å². The number of ether oxygens (including phenoxy) is 1. The second-order valence-electron chi connectivity index (χ2n) is 18.4. The second-order valence-corrected chi connectivity index (χ2v) is 18.4. The molecule has 0 spiro atoms. The zero-order chi connectivity index (χ0) is 36.5. The van der Waals surface area contributed by atoms with Crippen molar-refractivity contribution in [3.8, 4) is 11.8 Å². The van der Waals surface area contributed by atoms with Gasteiger partial charge in [-0.1, -0.05) is 64.7 Å². The van der Waals surface area contributed by atoms with Crippen LogP contribution in [0.3, 0.4) is 0 Å². The molecule has 7 nitrogen and oxygen atoms in total. The van der Waals surface area contributed by atoms with E-state index >= 15 is 0 Å². The van der Waals surface area contributed by atoms with Gasteiger partial charge in [0.05, 0.1) is 24.8 Å². The second kappa shape index (κ2) is 19.9. The minimum atomic E-state index is -0.524. The SMILES string of the molecule is CCC[C@H](CO)[C@@H]1C[C@H](CC2CCNC(N)C2)C[C@@H]2C#C[C@H](C3CCCCC3CCC(C)C)C3CC(O)C(OC)CC3CCC(=O)CC(=O)[C@@H]2C1. The quantitative estimate of drug-likeness (QED) is 0.131. The number of carbonyl (C=O) groups excluding carboxylic acids is 2. The van der Waals surface area contributed by atoms with E-state index in [1.807, 2.05) is 0 Å². The highest BCUT2D eigenvalue weighted by atomic mass is 16.5. The normalized spacial score (nSPS) is 40.5. The predicted octanol–water partition coefficient (Wildman–Crippen LogP) is 7.30.